The van der Waals surface area contributed by atoms with Crippen LogP contribution in [0.3, 0.4) is 0 Å². The number of hydrogen-bond acceptors (Lipinski definition) is 4. The lowest BCUT2D eigenvalue weighted by Gasteiger charge is -2.31. The van der Waals surface area contributed by atoms with E-state index in [-0.39, 0.29) is 17.6 Å². The van der Waals surface area contributed by atoms with Gasteiger partial charge in [-0.1, -0.05) is 23.4 Å². The van der Waals surface area contributed by atoms with Gasteiger partial charge in [0, 0.05) is 30.1 Å². The molecular weight excluding hydrogens is 345 g/mol. The number of carbonyl (C=O) groups excluding carboxylic acids is 1. The second kappa shape index (κ2) is 7.31. The van der Waals surface area contributed by atoms with Gasteiger partial charge in [-0.3, -0.25) is 4.79 Å². The van der Waals surface area contributed by atoms with Crippen molar-refractivity contribution in [1.82, 2.24) is 15.0 Å². The molecule has 2 heterocycles. The van der Waals surface area contributed by atoms with Gasteiger partial charge in [0.15, 0.2) is 5.82 Å². The maximum Gasteiger partial charge on any atom is 0.257 e. The average Bonchev–Trinajstić information content (AvgIpc) is 3.19. The van der Waals surface area contributed by atoms with Crippen molar-refractivity contribution in [1.29, 1.82) is 0 Å². The zero-order chi connectivity index (χ0) is 18.8. The lowest BCUT2D eigenvalue weighted by molar-refractivity contribution is 0.0703. The van der Waals surface area contributed by atoms with E-state index in [0.29, 0.717) is 35.9 Å². The van der Waals surface area contributed by atoms with Crippen LogP contribution >= 0.6 is 0 Å². The third-order valence-corrected chi connectivity index (χ3v) is 4.96. The number of likely N-dealkylation sites (tertiary alicyclic amines) is 1. The molecule has 1 saturated heterocycles. The predicted octanol–water partition coefficient (Wildman–Crippen LogP) is 4.20. The van der Waals surface area contributed by atoms with Crippen LogP contribution in [0.5, 0.6) is 0 Å². The third-order valence-electron chi connectivity index (χ3n) is 4.96. The highest BCUT2D eigenvalue weighted by Gasteiger charge is 2.29. The molecular formula is C21H20FN3O2. The number of aromatic nitrogens is 2. The molecule has 1 unspecified atom stereocenters. The summed E-state index contributed by atoms with van der Waals surface area (Å²) in [6.45, 7) is 2.96. The molecule has 1 amide bonds. The minimum Gasteiger partial charge on any atom is -0.338 e. The smallest absolute Gasteiger partial charge is 0.257 e. The Kier molecular flexibility index (Phi) is 4.71. The number of carbonyl (C=O) groups is 1. The molecule has 0 N–H and O–H groups in total. The molecule has 1 aliphatic heterocycles. The number of nitrogens with zero attached hydrogens (tertiary/aromatic N) is 3. The lowest BCUT2D eigenvalue weighted by Crippen LogP contribution is -2.39. The van der Waals surface area contributed by atoms with Crippen LogP contribution in [0.1, 0.15) is 40.5 Å². The van der Waals surface area contributed by atoms with Crippen molar-refractivity contribution in [2.24, 2.45) is 0 Å². The van der Waals surface area contributed by atoms with E-state index in [1.807, 2.05) is 30.3 Å². The Labute approximate surface area is 156 Å². The third kappa shape index (κ3) is 3.60. The number of benzene rings is 2. The minimum absolute atomic E-state index is 0.0321. The van der Waals surface area contributed by atoms with Crippen molar-refractivity contribution < 1.29 is 13.7 Å². The summed E-state index contributed by atoms with van der Waals surface area (Å²) < 4.78 is 18.7. The molecule has 5 nitrogen and oxygen atoms in total. The van der Waals surface area contributed by atoms with Crippen LogP contribution in [-0.4, -0.2) is 34.0 Å². The van der Waals surface area contributed by atoms with Gasteiger partial charge < -0.3 is 9.42 Å². The molecule has 2 aromatic carbocycles. The molecule has 0 spiro atoms. The Bertz CT molecular complexity index is 955. The minimum atomic E-state index is -0.333. The normalized spacial score (nSPS) is 17.1. The van der Waals surface area contributed by atoms with Crippen molar-refractivity contribution >= 4 is 5.91 Å². The van der Waals surface area contributed by atoms with Crippen molar-refractivity contribution in [2.75, 3.05) is 13.1 Å². The van der Waals surface area contributed by atoms with Gasteiger partial charge in [0.2, 0.25) is 0 Å². The van der Waals surface area contributed by atoms with Gasteiger partial charge in [-0.15, -0.1) is 0 Å². The van der Waals surface area contributed by atoms with Crippen LogP contribution in [0.2, 0.25) is 0 Å². The number of hydrogen-bond donors (Lipinski definition) is 0. The first-order valence-corrected chi connectivity index (χ1v) is 9.06. The second-order valence-corrected chi connectivity index (χ2v) is 6.87. The molecule has 3 aromatic rings. The van der Waals surface area contributed by atoms with E-state index in [9.17, 15) is 9.18 Å². The highest BCUT2D eigenvalue weighted by molar-refractivity contribution is 5.95. The summed E-state index contributed by atoms with van der Waals surface area (Å²) in [4.78, 5) is 19.2. The Balaban J connectivity index is 1.51. The Morgan fingerprint density at radius 3 is 2.81 bits per heavy atom. The SMILES string of the molecule is Cc1cc(F)ccc1C(=O)N1CCCC(c2noc(-c3ccccc3)n2)C1. The van der Waals surface area contributed by atoms with Gasteiger partial charge in [-0.2, -0.15) is 4.98 Å². The Morgan fingerprint density at radius 2 is 2.04 bits per heavy atom. The van der Waals surface area contributed by atoms with Crippen LogP contribution in [0.4, 0.5) is 4.39 Å². The molecule has 1 fully saturated rings. The standard InChI is InChI=1S/C21H20FN3O2/c1-14-12-17(22)9-10-18(14)21(26)25-11-5-8-16(13-25)19-23-20(27-24-19)15-6-3-2-4-7-15/h2-4,6-7,9-10,12,16H,5,8,11,13H2,1H3. The molecule has 1 aromatic heterocycles. The molecule has 0 radical (unpaired) electrons. The second-order valence-electron chi connectivity index (χ2n) is 6.87. The quantitative estimate of drug-likeness (QED) is 0.698. The van der Waals surface area contributed by atoms with Gasteiger partial charge in [0.1, 0.15) is 5.82 Å². The Morgan fingerprint density at radius 1 is 1.22 bits per heavy atom. The van der Waals surface area contributed by atoms with E-state index in [4.69, 9.17) is 4.52 Å². The van der Waals surface area contributed by atoms with E-state index in [1.165, 1.54) is 12.1 Å². The van der Waals surface area contributed by atoms with Gasteiger partial charge in [0.05, 0.1) is 0 Å². The maximum atomic E-state index is 13.3. The van der Waals surface area contributed by atoms with Gasteiger partial charge in [-0.25, -0.2) is 4.39 Å². The van der Waals surface area contributed by atoms with Crippen molar-refractivity contribution in [3.63, 3.8) is 0 Å². The summed E-state index contributed by atoms with van der Waals surface area (Å²) in [5, 5.41) is 4.14. The number of amides is 1. The zero-order valence-electron chi connectivity index (χ0n) is 15.1. The van der Waals surface area contributed by atoms with E-state index in [0.717, 1.165) is 18.4 Å². The largest absolute Gasteiger partial charge is 0.338 e. The van der Waals surface area contributed by atoms with E-state index in [1.54, 1.807) is 17.9 Å². The summed E-state index contributed by atoms with van der Waals surface area (Å²) >= 11 is 0. The van der Waals surface area contributed by atoms with Crippen LogP contribution < -0.4 is 0 Å². The fraction of sp³-hybridized carbons (Fsp3) is 0.286. The average molecular weight is 365 g/mol. The van der Waals surface area contributed by atoms with Crippen LogP contribution in [0.25, 0.3) is 11.5 Å². The monoisotopic (exact) mass is 365 g/mol. The highest BCUT2D eigenvalue weighted by Crippen LogP contribution is 2.28. The molecule has 0 bridgehead atoms. The van der Waals surface area contributed by atoms with E-state index >= 15 is 0 Å². The topological polar surface area (TPSA) is 59.2 Å². The molecule has 0 aliphatic carbocycles. The zero-order valence-corrected chi connectivity index (χ0v) is 15.1. The van der Waals surface area contributed by atoms with Crippen molar-refractivity contribution in [2.45, 2.75) is 25.7 Å². The van der Waals surface area contributed by atoms with Gasteiger partial charge in [0.25, 0.3) is 11.8 Å². The maximum absolute atomic E-state index is 13.3. The first-order valence-electron chi connectivity index (χ1n) is 9.06. The fourth-order valence-electron chi connectivity index (χ4n) is 3.51. The molecule has 1 atom stereocenters. The van der Waals surface area contributed by atoms with Crippen LogP contribution in [-0.2, 0) is 0 Å². The summed E-state index contributed by atoms with van der Waals surface area (Å²) in [7, 11) is 0. The molecule has 6 heteroatoms. The number of aryl methyl sites for hydroxylation is 1. The van der Waals surface area contributed by atoms with E-state index in [2.05, 4.69) is 10.1 Å². The lowest BCUT2D eigenvalue weighted by atomic mass is 9.96. The number of rotatable bonds is 3. The predicted molar refractivity (Wildman–Crippen MR) is 98.7 cm³/mol. The van der Waals surface area contributed by atoms with E-state index < -0.39 is 0 Å². The molecule has 138 valence electrons. The summed E-state index contributed by atoms with van der Waals surface area (Å²) in [5.41, 5.74) is 2.06. The van der Waals surface area contributed by atoms with Crippen LogP contribution in [0.15, 0.2) is 53.1 Å². The fourth-order valence-corrected chi connectivity index (χ4v) is 3.51. The van der Waals surface area contributed by atoms with Crippen LogP contribution in [0, 0.1) is 12.7 Å². The molecule has 27 heavy (non-hydrogen) atoms. The number of piperidine rings is 1. The van der Waals surface area contributed by atoms with Gasteiger partial charge in [-0.05, 0) is 55.7 Å². The molecule has 1 aliphatic rings. The summed E-state index contributed by atoms with van der Waals surface area (Å²) in [6.07, 6.45) is 1.77. The first-order chi connectivity index (χ1) is 13.1. The van der Waals surface area contributed by atoms with Gasteiger partial charge >= 0.3 is 0 Å². The Hall–Kier alpha value is -3.02. The highest BCUT2D eigenvalue weighted by atomic mass is 19.1. The first kappa shape index (κ1) is 17.4. The number of halogens is 1. The summed E-state index contributed by atoms with van der Waals surface area (Å²) in [5.74, 6) is 0.736. The summed E-state index contributed by atoms with van der Waals surface area (Å²) in [6, 6.07) is 13.9. The molecule has 4 rings (SSSR count). The van der Waals surface area contributed by atoms with Crippen molar-refractivity contribution in [3.8, 4) is 11.5 Å². The molecule has 0 saturated carbocycles. The van der Waals surface area contributed by atoms with Crippen molar-refractivity contribution in [3.05, 3.63) is 71.3 Å².